The Labute approximate surface area is 99.7 Å². The average Bonchev–Trinajstić information content (AvgIpc) is 2.25. The summed E-state index contributed by atoms with van der Waals surface area (Å²) in [5, 5.41) is 0. The minimum Gasteiger partial charge on any atom is -0.379 e. The molecule has 0 aliphatic heterocycles. The summed E-state index contributed by atoms with van der Waals surface area (Å²) in [4.78, 5) is 0. The number of hydrogen-bond donors (Lipinski definition) is 0. The van der Waals surface area contributed by atoms with Crippen molar-refractivity contribution in [3.63, 3.8) is 0 Å². The number of hydrogen-bond acceptors (Lipinski definition) is 2. The zero-order valence-corrected chi connectivity index (χ0v) is 10.8. The van der Waals surface area contributed by atoms with Gasteiger partial charge in [-0.05, 0) is 25.5 Å². The van der Waals surface area contributed by atoms with Crippen LogP contribution in [-0.2, 0) is 16.1 Å². The van der Waals surface area contributed by atoms with E-state index in [0.29, 0.717) is 13.2 Å². The van der Waals surface area contributed by atoms with Crippen molar-refractivity contribution in [1.29, 1.82) is 0 Å². The summed E-state index contributed by atoms with van der Waals surface area (Å²) >= 11 is 3.49. The average molecular weight is 273 g/mol. The normalized spacial score (nSPS) is 12.7. The monoisotopic (exact) mass is 272 g/mol. The standard InChI is InChI=1S/C12H17BrO2/c1-3-14-8-10(2)15-9-11-6-4-5-7-12(11)13/h4-7,10H,3,8-9H2,1-2H3. The minimum absolute atomic E-state index is 0.136. The number of rotatable bonds is 6. The number of benzene rings is 1. The fourth-order valence-electron chi connectivity index (χ4n) is 1.18. The summed E-state index contributed by atoms with van der Waals surface area (Å²) < 4.78 is 12.0. The zero-order valence-electron chi connectivity index (χ0n) is 9.20. The van der Waals surface area contributed by atoms with Crippen LogP contribution in [0.25, 0.3) is 0 Å². The predicted molar refractivity (Wildman–Crippen MR) is 64.9 cm³/mol. The maximum Gasteiger partial charge on any atom is 0.0785 e. The Morgan fingerprint density at radius 2 is 2.07 bits per heavy atom. The van der Waals surface area contributed by atoms with Crippen molar-refractivity contribution >= 4 is 15.9 Å². The van der Waals surface area contributed by atoms with E-state index in [4.69, 9.17) is 9.47 Å². The van der Waals surface area contributed by atoms with Crippen LogP contribution in [0.1, 0.15) is 19.4 Å². The van der Waals surface area contributed by atoms with Crippen molar-refractivity contribution in [2.45, 2.75) is 26.6 Å². The van der Waals surface area contributed by atoms with Gasteiger partial charge in [0.1, 0.15) is 0 Å². The first-order valence-corrected chi connectivity index (χ1v) is 5.96. The van der Waals surface area contributed by atoms with Crippen LogP contribution in [-0.4, -0.2) is 19.3 Å². The van der Waals surface area contributed by atoms with Gasteiger partial charge in [0.25, 0.3) is 0 Å². The molecule has 0 aliphatic rings. The molecule has 1 atom stereocenters. The van der Waals surface area contributed by atoms with E-state index in [9.17, 15) is 0 Å². The van der Waals surface area contributed by atoms with E-state index >= 15 is 0 Å². The maximum atomic E-state index is 5.66. The number of ether oxygens (including phenoxy) is 2. The molecule has 0 fully saturated rings. The Balaban J connectivity index is 2.33. The van der Waals surface area contributed by atoms with Crippen LogP contribution in [0.5, 0.6) is 0 Å². The van der Waals surface area contributed by atoms with Crippen LogP contribution < -0.4 is 0 Å². The molecule has 1 unspecified atom stereocenters. The van der Waals surface area contributed by atoms with Gasteiger partial charge in [-0.3, -0.25) is 0 Å². The smallest absolute Gasteiger partial charge is 0.0785 e. The van der Waals surface area contributed by atoms with Crippen molar-refractivity contribution < 1.29 is 9.47 Å². The SMILES string of the molecule is CCOCC(C)OCc1ccccc1Br. The van der Waals surface area contributed by atoms with Crippen molar-refractivity contribution in [3.05, 3.63) is 34.3 Å². The summed E-state index contributed by atoms with van der Waals surface area (Å²) in [5.74, 6) is 0. The first-order valence-electron chi connectivity index (χ1n) is 5.16. The highest BCUT2D eigenvalue weighted by Crippen LogP contribution is 2.17. The van der Waals surface area contributed by atoms with Crippen LogP contribution in [0.3, 0.4) is 0 Å². The van der Waals surface area contributed by atoms with Gasteiger partial charge in [0.05, 0.1) is 19.3 Å². The Morgan fingerprint density at radius 3 is 2.73 bits per heavy atom. The zero-order chi connectivity index (χ0) is 11.1. The molecule has 0 N–H and O–H groups in total. The van der Waals surface area contributed by atoms with E-state index in [1.54, 1.807) is 0 Å². The molecular weight excluding hydrogens is 256 g/mol. The van der Waals surface area contributed by atoms with Crippen LogP contribution in [0.2, 0.25) is 0 Å². The van der Waals surface area contributed by atoms with Gasteiger partial charge in [-0.2, -0.15) is 0 Å². The Bertz CT molecular complexity index is 289. The molecule has 0 heterocycles. The Morgan fingerprint density at radius 1 is 1.33 bits per heavy atom. The molecular formula is C12H17BrO2. The van der Waals surface area contributed by atoms with Crippen LogP contribution >= 0.6 is 15.9 Å². The summed E-state index contributed by atoms with van der Waals surface area (Å²) in [6.45, 7) is 6.02. The first-order chi connectivity index (χ1) is 7.24. The highest BCUT2D eigenvalue weighted by atomic mass is 79.9. The second-order valence-electron chi connectivity index (χ2n) is 3.37. The maximum absolute atomic E-state index is 5.66. The van der Waals surface area contributed by atoms with Crippen LogP contribution in [0, 0.1) is 0 Å². The molecule has 0 amide bonds. The fourth-order valence-corrected chi connectivity index (χ4v) is 1.58. The quantitative estimate of drug-likeness (QED) is 0.791. The van der Waals surface area contributed by atoms with Gasteiger partial charge in [-0.1, -0.05) is 34.1 Å². The van der Waals surface area contributed by atoms with Gasteiger partial charge in [0, 0.05) is 11.1 Å². The molecule has 84 valence electrons. The van der Waals surface area contributed by atoms with Gasteiger partial charge in [-0.15, -0.1) is 0 Å². The summed E-state index contributed by atoms with van der Waals surface area (Å²) in [5.41, 5.74) is 1.17. The van der Waals surface area contributed by atoms with Gasteiger partial charge in [0.15, 0.2) is 0 Å². The molecule has 0 saturated heterocycles. The third-order valence-electron chi connectivity index (χ3n) is 2.04. The van der Waals surface area contributed by atoms with Gasteiger partial charge >= 0.3 is 0 Å². The molecule has 0 saturated carbocycles. The van der Waals surface area contributed by atoms with Crippen molar-refractivity contribution in [1.82, 2.24) is 0 Å². The van der Waals surface area contributed by atoms with Crippen LogP contribution in [0.4, 0.5) is 0 Å². The van der Waals surface area contributed by atoms with Crippen molar-refractivity contribution in [3.8, 4) is 0 Å². The first kappa shape index (κ1) is 12.7. The Hall–Kier alpha value is -0.380. The summed E-state index contributed by atoms with van der Waals surface area (Å²) in [6, 6.07) is 8.08. The lowest BCUT2D eigenvalue weighted by Crippen LogP contribution is -2.15. The molecule has 0 bridgehead atoms. The third-order valence-corrected chi connectivity index (χ3v) is 2.81. The predicted octanol–water partition coefficient (Wildman–Crippen LogP) is 3.39. The molecule has 1 aromatic carbocycles. The summed E-state index contributed by atoms with van der Waals surface area (Å²) in [7, 11) is 0. The Kier molecular flexibility index (Phi) is 5.91. The van der Waals surface area contributed by atoms with E-state index < -0.39 is 0 Å². The molecule has 3 heteroatoms. The molecule has 15 heavy (non-hydrogen) atoms. The molecule has 0 spiro atoms. The molecule has 0 aromatic heterocycles. The second-order valence-corrected chi connectivity index (χ2v) is 4.23. The second kappa shape index (κ2) is 6.99. The van der Waals surface area contributed by atoms with Gasteiger partial charge in [0.2, 0.25) is 0 Å². The van der Waals surface area contributed by atoms with E-state index in [1.165, 1.54) is 5.56 Å². The minimum atomic E-state index is 0.136. The lowest BCUT2D eigenvalue weighted by Gasteiger charge is -2.13. The third kappa shape index (κ3) is 4.78. The van der Waals surface area contributed by atoms with Gasteiger partial charge in [-0.25, -0.2) is 0 Å². The largest absolute Gasteiger partial charge is 0.379 e. The van der Waals surface area contributed by atoms with E-state index in [2.05, 4.69) is 22.0 Å². The lowest BCUT2D eigenvalue weighted by molar-refractivity contribution is -0.0118. The highest BCUT2D eigenvalue weighted by Gasteiger charge is 2.04. The molecule has 0 aliphatic carbocycles. The lowest BCUT2D eigenvalue weighted by atomic mass is 10.2. The topological polar surface area (TPSA) is 18.5 Å². The van der Waals surface area contributed by atoms with E-state index in [1.807, 2.05) is 32.0 Å². The van der Waals surface area contributed by atoms with Gasteiger partial charge < -0.3 is 9.47 Å². The summed E-state index contributed by atoms with van der Waals surface area (Å²) in [6.07, 6.45) is 0.136. The fraction of sp³-hybridized carbons (Fsp3) is 0.500. The van der Waals surface area contributed by atoms with E-state index in [0.717, 1.165) is 11.1 Å². The molecule has 2 nitrogen and oxygen atoms in total. The van der Waals surface area contributed by atoms with Crippen molar-refractivity contribution in [2.75, 3.05) is 13.2 Å². The molecule has 1 aromatic rings. The molecule has 1 rings (SSSR count). The molecule has 0 radical (unpaired) electrons. The number of halogens is 1. The van der Waals surface area contributed by atoms with Crippen molar-refractivity contribution in [2.24, 2.45) is 0 Å². The van der Waals surface area contributed by atoms with Crippen LogP contribution in [0.15, 0.2) is 28.7 Å². The van der Waals surface area contributed by atoms with E-state index in [-0.39, 0.29) is 6.10 Å². The highest BCUT2D eigenvalue weighted by molar-refractivity contribution is 9.10.